The molecule has 0 aromatic rings. The molecule has 0 aliphatic rings. The van der Waals surface area contributed by atoms with Crippen molar-refractivity contribution >= 4 is 19.8 Å². The lowest BCUT2D eigenvalue weighted by Gasteiger charge is -2.28. The minimum Gasteiger partial charge on any atom is -0.756 e. The fourth-order valence-electron chi connectivity index (χ4n) is 8.43. The summed E-state index contributed by atoms with van der Waals surface area (Å²) in [5.74, 6) is -0.842. The number of esters is 2. The Kier molecular flexibility index (Phi) is 55.8. The van der Waals surface area contributed by atoms with Gasteiger partial charge in [0.15, 0.2) is 6.10 Å². The zero-order chi connectivity index (χ0) is 57.0. The second-order valence-corrected chi connectivity index (χ2v) is 23.4. The largest absolute Gasteiger partial charge is 0.756 e. The minimum absolute atomic E-state index is 0.0356. The monoisotopic (exact) mass is 1110 g/mol. The van der Waals surface area contributed by atoms with Crippen LogP contribution in [0.3, 0.4) is 0 Å². The van der Waals surface area contributed by atoms with Crippen LogP contribution in [-0.4, -0.2) is 70.0 Å². The van der Waals surface area contributed by atoms with Gasteiger partial charge in [-0.15, -0.1) is 0 Å². The highest BCUT2D eigenvalue weighted by Crippen LogP contribution is 2.38. The number of ether oxygens (including phenoxy) is 2. The van der Waals surface area contributed by atoms with Crippen molar-refractivity contribution in [2.45, 2.75) is 264 Å². The van der Waals surface area contributed by atoms with Gasteiger partial charge in [0.05, 0.1) is 27.7 Å². The Morgan fingerprint density at radius 1 is 0.410 bits per heavy atom. The molecule has 0 amide bonds. The number of quaternary nitrogens is 1. The number of hydrogen-bond donors (Lipinski definition) is 0. The zero-order valence-corrected chi connectivity index (χ0v) is 51.7. The number of carbonyl (C=O) groups is 2. The van der Waals surface area contributed by atoms with Gasteiger partial charge >= 0.3 is 11.9 Å². The maximum Gasteiger partial charge on any atom is 0.306 e. The van der Waals surface area contributed by atoms with Crippen molar-refractivity contribution in [3.63, 3.8) is 0 Å². The summed E-state index contributed by atoms with van der Waals surface area (Å²) in [6.07, 6.45) is 81.5. The summed E-state index contributed by atoms with van der Waals surface area (Å²) in [6.45, 7) is 4.10. The maximum atomic E-state index is 12.8. The van der Waals surface area contributed by atoms with Crippen LogP contribution < -0.4 is 4.89 Å². The summed E-state index contributed by atoms with van der Waals surface area (Å²) in [6, 6.07) is 0. The first-order valence-electron chi connectivity index (χ1n) is 31.6. The highest BCUT2D eigenvalue weighted by Gasteiger charge is 2.22. The first kappa shape index (κ1) is 74.7. The maximum absolute atomic E-state index is 12.8. The zero-order valence-electron chi connectivity index (χ0n) is 50.8. The lowest BCUT2D eigenvalue weighted by atomic mass is 10.0. The molecule has 0 saturated heterocycles. The summed E-state index contributed by atoms with van der Waals surface area (Å²) < 4.78 is 34.2. The van der Waals surface area contributed by atoms with E-state index >= 15 is 0 Å². The van der Waals surface area contributed by atoms with Gasteiger partial charge in [-0.05, 0) is 103 Å². The highest BCUT2D eigenvalue weighted by molar-refractivity contribution is 7.45. The molecular formula is C68H118NO8P. The van der Waals surface area contributed by atoms with E-state index in [0.29, 0.717) is 17.4 Å². The predicted octanol–water partition coefficient (Wildman–Crippen LogP) is 19.5. The van der Waals surface area contributed by atoms with E-state index in [9.17, 15) is 19.0 Å². The standard InChI is InChI=1S/C68H118NO8P/c1-6-8-10-12-14-16-18-20-22-24-25-26-27-28-29-30-31-32-33-34-35-36-37-38-39-40-41-42-43-45-47-49-51-53-55-57-59-61-68(71)77-66(65-76-78(72,73)75-63-62-69(3,4)5)64-74-67(70)60-58-56-54-52-50-48-46-44-23-21-19-17-15-13-11-9-7-2/h8,10,14-17,20-23,25-26,28-29,31-32,34-35,66H,6-7,9,11-13,18-19,24,27,30,33,36-65H2,1-5H3/b10-8-,16-14-,17-15-,22-20-,23-21-,26-25-,29-28-,32-31-,35-34-. The summed E-state index contributed by atoms with van der Waals surface area (Å²) >= 11 is 0. The van der Waals surface area contributed by atoms with Crippen LogP contribution in [-0.2, 0) is 32.7 Å². The molecule has 0 saturated carbocycles. The van der Waals surface area contributed by atoms with Crippen LogP contribution in [0.2, 0.25) is 0 Å². The molecule has 0 N–H and O–H groups in total. The molecule has 0 aliphatic carbocycles. The number of allylic oxidation sites excluding steroid dienone is 18. The first-order chi connectivity index (χ1) is 38.0. The van der Waals surface area contributed by atoms with Crippen LogP contribution in [0.25, 0.3) is 0 Å². The van der Waals surface area contributed by atoms with Gasteiger partial charge in [0.25, 0.3) is 7.82 Å². The molecule has 0 spiro atoms. The number of hydrogen-bond acceptors (Lipinski definition) is 8. The Morgan fingerprint density at radius 3 is 1.09 bits per heavy atom. The summed E-state index contributed by atoms with van der Waals surface area (Å²) in [7, 11) is 1.16. The van der Waals surface area contributed by atoms with E-state index in [0.717, 1.165) is 103 Å². The fraction of sp³-hybridized carbons (Fsp3) is 0.706. The van der Waals surface area contributed by atoms with Gasteiger partial charge in [0.1, 0.15) is 19.8 Å². The molecule has 0 aromatic heterocycles. The number of phosphoric acid groups is 1. The molecule has 0 fully saturated rings. The van der Waals surface area contributed by atoms with Gasteiger partial charge in [-0.3, -0.25) is 14.2 Å². The molecule has 78 heavy (non-hydrogen) atoms. The lowest BCUT2D eigenvalue weighted by Crippen LogP contribution is -2.37. The van der Waals surface area contributed by atoms with Gasteiger partial charge in [0.2, 0.25) is 0 Å². The van der Waals surface area contributed by atoms with Crippen molar-refractivity contribution in [2.24, 2.45) is 0 Å². The van der Waals surface area contributed by atoms with Crippen molar-refractivity contribution in [3.8, 4) is 0 Å². The Labute approximate surface area is 480 Å². The van der Waals surface area contributed by atoms with Gasteiger partial charge in [0, 0.05) is 12.8 Å². The Morgan fingerprint density at radius 2 is 0.731 bits per heavy atom. The van der Waals surface area contributed by atoms with Gasteiger partial charge in [-0.1, -0.05) is 252 Å². The van der Waals surface area contributed by atoms with Crippen molar-refractivity contribution < 1.29 is 42.1 Å². The summed E-state index contributed by atoms with van der Waals surface area (Å²) in [5, 5.41) is 0. The smallest absolute Gasteiger partial charge is 0.306 e. The normalized spacial score (nSPS) is 14.0. The van der Waals surface area contributed by atoms with Crippen molar-refractivity contribution in [3.05, 3.63) is 109 Å². The third-order valence-electron chi connectivity index (χ3n) is 13.3. The second-order valence-electron chi connectivity index (χ2n) is 22.0. The van der Waals surface area contributed by atoms with Crippen molar-refractivity contribution in [2.75, 3.05) is 47.5 Å². The van der Waals surface area contributed by atoms with E-state index in [2.05, 4.69) is 123 Å². The Hall–Kier alpha value is -3.33. The number of likely N-dealkylation sites (N-methyl/N-ethyl adjacent to an activating group) is 1. The number of phosphoric ester groups is 1. The summed E-state index contributed by atoms with van der Waals surface area (Å²) in [5.41, 5.74) is 0. The molecule has 448 valence electrons. The average molecular weight is 1110 g/mol. The molecule has 0 bridgehead atoms. The van der Waals surface area contributed by atoms with Gasteiger partial charge < -0.3 is 27.9 Å². The quantitative estimate of drug-likeness (QED) is 0.0195. The van der Waals surface area contributed by atoms with E-state index in [1.807, 2.05) is 21.1 Å². The van der Waals surface area contributed by atoms with Crippen molar-refractivity contribution in [1.29, 1.82) is 0 Å². The lowest BCUT2D eigenvalue weighted by molar-refractivity contribution is -0.870. The predicted molar refractivity (Wildman–Crippen MR) is 332 cm³/mol. The van der Waals surface area contributed by atoms with Crippen LogP contribution in [0.15, 0.2) is 109 Å². The topological polar surface area (TPSA) is 111 Å². The molecule has 0 aromatic carbocycles. The van der Waals surface area contributed by atoms with E-state index in [1.54, 1.807) is 0 Å². The number of rotatable bonds is 57. The molecule has 0 aliphatic heterocycles. The third kappa shape index (κ3) is 61.9. The highest BCUT2D eigenvalue weighted by atomic mass is 31.2. The van der Waals surface area contributed by atoms with Crippen LogP contribution in [0.4, 0.5) is 0 Å². The van der Waals surface area contributed by atoms with E-state index in [1.165, 1.54) is 122 Å². The van der Waals surface area contributed by atoms with E-state index in [4.69, 9.17) is 18.5 Å². The number of nitrogens with zero attached hydrogens (tertiary/aromatic N) is 1. The van der Waals surface area contributed by atoms with E-state index in [-0.39, 0.29) is 26.1 Å². The number of unbranched alkanes of at least 4 members (excludes halogenated alkanes) is 25. The molecule has 0 radical (unpaired) electrons. The molecule has 0 heterocycles. The molecule has 0 rings (SSSR count). The summed E-state index contributed by atoms with van der Waals surface area (Å²) in [4.78, 5) is 37.9. The average Bonchev–Trinajstić information content (AvgIpc) is 3.41. The Balaban J connectivity index is 4.05. The minimum atomic E-state index is -4.64. The van der Waals surface area contributed by atoms with Crippen LogP contribution >= 0.6 is 7.82 Å². The third-order valence-corrected chi connectivity index (χ3v) is 14.2. The first-order valence-corrected chi connectivity index (χ1v) is 33.1. The van der Waals surface area contributed by atoms with Crippen LogP contribution in [0.5, 0.6) is 0 Å². The van der Waals surface area contributed by atoms with Crippen LogP contribution in [0, 0.1) is 0 Å². The fourth-order valence-corrected chi connectivity index (χ4v) is 9.16. The molecule has 2 atom stereocenters. The molecular weight excluding hydrogens is 990 g/mol. The van der Waals surface area contributed by atoms with Gasteiger partial charge in [-0.25, -0.2) is 0 Å². The molecule has 9 nitrogen and oxygen atoms in total. The number of carbonyl (C=O) groups excluding carboxylic acids is 2. The molecule has 10 heteroatoms. The molecule has 2 unspecified atom stereocenters. The van der Waals surface area contributed by atoms with Crippen molar-refractivity contribution in [1.82, 2.24) is 0 Å². The van der Waals surface area contributed by atoms with Gasteiger partial charge in [-0.2, -0.15) is 0 Å². The SMILES string of the molecule is CC/C=C\C/C=C\C/C=C\C/C=C\C/C=C\C/C=C\C/C=C\CCCCCCCCCCCCCCCCCC(=O)OC(COC(=O)CCCCCCCCC/C=C\C/C=C\CCCCC)COP(=O)([O-])OCC[N+](C)(C)C. The second kappa shape index (κ2) is 58.3. The van der Waals surface area contributed by atoms with Crippen LogP contribution in [0.1, 0.15) is 258 Å². The Bertz CT molecular complexity index is 1680. The van der Waals surface area contributed by atoms with E-state index < -0.39 is 32.5 Å².